The van der Waals surface area contributed by atoms with Gasteiger partial charge in [0.15, 0.2) is 0 Å². The molecule has 0 spiro atoms. The SMILES string of the molecule is Cc1cc(Oc2ncccn2)ccc1NC(=O)C1CCCCC1C(=O)N1CCc2ccccc21. The van der Waals surface area contributed by atoms with E-state index in [0.29, 0.717) is 12.3 Å². The molecule has 0 bridgehead atoms. The zero-order valence-electron chi connectivity index (χ0n) is 19.2. The number of benzene rings is 2. The van der Waals surface area contributed by atoms with Gasteiger partial charge in [0, 0.05) is 36.2 Å². The Morgan fingerprint density at radius 2 is 1.76 bits per heavy atom. The maximum Gasteiger partial charge on any atom is 0.321 e. The second-order valence-electron chi connectivity index (χ2n) is 8.97. The summed E-state index contributed by atoms with van der Waals surface area (Å²) in [4.78, 5) is 36.9. The Hall–Kier alpha value is -3.74. The topological polar surface area (TPSA) is 84.4 Å². The number of para-hydroxylation sites is 1. The predicted octanol–water partition coefficient (Wildman–Crippen LogP) is 4.91. The summed E-state index contributed by atoms with van der Waals surface area (Å²) < 4.78 is 5.68. The van der Waals surface area contributed by atoms with Crippen molar-refractivity contribution in [3.8, 4) is 11.8 Å². The van der Waals surface area contributed by atoms with E-state index in [2.05, 4.69) is 21.4 Å². The molecule has 5 rings (SSSR count). The van der Waals surface area contributed by atoms with E-state index >= 15 is 0 Å². The van der Waals surface area contributed by atoms with Gasteiger partial charge in [0.05, 0.1) is 5.92 Å². The Morgan fingerprint density at radius 3 is 2.56 bits per heavy atom. The summed E-state index contributed by atoms with van der Waals surface area (Å²) in [5.41, 5.74) is 3.78. The lowest BCUT2D eigenvalue weighted by Crippen LogP contribution is -2.43. The Morgan fingerprint density at radius 1 is 1.00 bits per heavy atom. The minimum atomic E-state index is -0.331. The molecule has 2 atom stereocenters. The highest BCUT2D eigenvalue weighted by molar-refractivity contribution is 6.02. The lowest BCUT2D eigenvalue weighted by Gasteiger charge is -2.33. The summed E-state index contributed by atoms with van der Waals surface area (Å²) in [6.07, 6.45) is 7.51. The van der Waals surface area contributed by atoms with Crippen molar-refractivity contribution in [1.29, 1.82) is 0 Å². The molecule has 0 radical (unpaired) electrons. The summed E-state index contributed by atoms with van der Waals surface area (Å²) in [7, 11) is 0. The van der Waals surface area contributed by atoms with Crippen LogP contribution in [0.3, 0.4) is 0 Å². The molecule has 7 heteroatoms. The van der Waals surface area contributed by atoms with Gasteiger partial charge in [-0.05, 0) is 67.6 Å². The number of anilines is 2. The summed E-state index contributed by atoms with van der Waals surface area (Å²) >= 11 is 0. The van der Waals surface area contributed by atoms with Crippen LogP contribution in [0.1, 0.15) is 36.8 Å². The van der Waals surface area contributed by atoms with Crippen LogP contribution in [-0.2, 0) is 16.0 Å². The van der Waals surface area contributed by atoms with Gasteiger partial charge in [0.1, 0.15) is 5.75 Å². The molecule has 2 heterocycles. The molecular formula is C27H28N4O3. The minimum Gasteiger partial charge on any atom is -0.424 e. The van der Waals surface area contributed by atoms with Crippen LogP contribution in [0, 0.1) is 18.8 Å². The van der Waals surface area contributed by atoms with Gasteiger partial charge in [0.2, 0.25) is 11.8 Å². The molecule has 2 aromatic carbocycles. The number of ether oxygens (including phenoxy) is 1. The first-order valence-corrected chi connectivity index (χ1v) is 11.9. The number of fused-ring (bicyclic) bond motifs is 1. The number of hydrogen-bond acceptors (Lipinski definition) is 5. The van der Waals surface area contributed by atoms with Gasteiger partial charge in [-0.15, -0.1) is 0 Å². The number of hydrogen-bond donors (Lipinski definition) is 1. The Balaban J connectivity index is 1.29. The minimum absolute atomic E-state index is 0.0770. The first-order valence-electron chi connectivity index (χ1n) is 11.9. The van der Waals surface area contributed by atoms with E-state index < -0.39 is 0 Å². The van der Waals surface area contributed by atoms with E-state index in [0.717, 1.165) is 49.0 Å². The van der Waals surface area contributed by atoms with E-state index in [1.54, 1.807) is 24.5 Å². The second-order valence-corrected chi connectivity index (χ2v) is 8.97. The summed E-state index contributed by atoms with van der Waals surface area (Å²) in [5, 5.41) is 3.07. The van der Waals surface area contributed by atoms with Crippen LogP contribution in [0.4, 0.5) is 11.4 Å². The van der Waals surface area contributed by atoms with Gasteiger partial charge < -0.3 is 15.0 Å². The van der Waals surface area contributed by atoms with Crippen LogP contribution in [0.5, 0.6) is 11.8 Å². The highest BCUT2D eigenvalue weighted by atomic mass is 16.5. The van der Waals surface area contributed by atoms with Gasteiger partial charge >= 0.3 is 6.01 Å². The number of rotatable bonds is 5. The molecule has 0 saturated heterocycles. The first kappa shape index (κ1) is 22.1. The normalized spacial score (nSPS) is 19.4. The predicted molar refractivity (Wildman–Crippen MR) is 130 cm³/mol. The number of aryl methyl sites for hydroxylation is 1. The monoisotopic (exact) mass is 456 g/mol. The molecular weight excluding hydrogens is 428 g/mol. The number of nitrogens with zero attached hydrogens (tertiary/aromatic N) is 3. The van der Waals surface area contributed by atoms with Gasteiger partial charge in [0.25, 0.3) is 0 Å². The molecule has 1 aromatic heterocycles. The fraction of sp³-hybridized carbons (Fsp3) is 0.333. The number of carbonyl (C=O) groups excluding carboxylic acids is 2. The van der Waals surface area contributed by atoms with Crippen molar-refractivity contribution in [2.24, 2.45) is 11.8 Å². The van der Waals surface area contributed by atoms with Crippen molar-refractivity contribution in [3.05, 3.63) is 72.1 Å². The van der Waals surface area contributed by atoms with Crippen LogP contribution in [0.25, 0.3) is 0 Å². The average Bonchev–Trinajstić information content (AvgIpc) is 3.30. The molecule has 3 aromatic rings. The van der Waals surface area contributed by atoms with Crippen molar-refractivity contribution in [2.45, 2.75) is 39.0 Å². The lowest BCUT2D eigenvalue weighted by molar-refractivity contribution is -0.132. The third kappa shape index (κ3) is 4.51. The van der Waals surface area contributed by atoms with E-state index in [4.69, 9.17) is 4.74 Å². The molecule has 174 valence electrons. The van der Waals surface area contributed by atoms with Crippen molar-refractivity contribution in [1.82, 2.24) is 9.97 Å². The number of nitrogens with one attached hydrogen (secondary N) is 1. The largest absolute Gasteiger partial charge is 0.424 e. The number of aromatic nitrogens is 2. The third-order valence-corrected chi connectivity index (χ3v) is 6.78. The lowest BCUT2D eigenvalue weighted by atomic mass is 9.77. The van der Waals surface area contributed by atoms with Crippen LogP contribution in [-0.4, -0.2) is 28.3 Å². The van der Waals surface area contributed by atoms with Crippen LogP contribution in [0.2, 0.25) is 0 Å². The van der Waals surface area contributed by atoms with Gasteiger partial charge in [-0.1, -0.05) is 31.0 Å². The molecule has 1 aliphatic carbocycles. The zero-order valence-corrected chi connectivity index (χ0v) is 19.2. The van der Waals surface area contributed by atoms with Gasteiger partial charge in [-0.25, -0.2) is 9.97 Å². The molecule has 2 unspecified atom stereocenters. The Bertz CT molecular complexity index is 1200. The first-order chi connectivity index (χ1) is 16.6. The average molecular weight is 457 g/mol. The standard InChI is InChI=1S/C27H28N4O3/c1-18-17-20(34-27-28-14-6-15-29-27)11-12-23(18)30-25(32)21-8-3-4-9-22(21)26(33)31-16-13-19-7-2-5-10-24(19)31/h2,5-7,10-12,14-15,17,21-22H,3-4,8-9,13,16H2,1H3,(H,30,32). The molecule has 1 saturated carbocycles. The van der Waals surface area contributed by atoms with Crippen LogP contribution >= 0.6 is 0 Å². The van der Waals surface area contributed by atoms with E-state index in [1.807, 2.05) is 42.2 Å². The fourth-order valence-corrected chi connectivity index (χ4v) is 5.02. The molecule has 7 nitrogen and oxygen atoms in total. The zero-order chi connectivity index (χ0) is 23.5. The Labute approximate surface area is 199 Å². The maximum absolute atomic E-state index is 13.5. The number of carbonyl (C=O) groups is 2. The van der Waals surface area contributed by atoms with E-state index in [-0.39, 0.29) is 29.7 Å². The maximum atomic E-state index is 13.5. The Kier molecular flexibility index (Phi) is 6.25. The van der Waals surface area contributed by atoms with E-state index in [1.165, 1.54) is 5.56 Å². The summed E-state index contributed by atoms with van der Waals surface area (Å²) in [5.74, 6) is -0.0398. The van der Waals surface area contributed by atoms with Gasteiger partial charge in [-0.2, -0.15) is 0 Å². The van der Waals surface area contributed by atoms with Gasteiger partial charge in [-0.3, -0.25) is 9.59 Å². The molecule has 2 aliphatic rings. The second kappa shape index (κ2) is 9.63. The third-order valence-electron chi connectivity index (χ3n) is 6.78. The van der Waals surface area contributed by atoms with Crippen LogP contribution < -0.4 is 15.0 Å². The molecule has 1 aliphatic heterocycles. The molecule has 34 heavy (non-hydrogen) atoms. The molecule has 1 N–H and O–H groups in total. The highest BCUT2D eigenvalue weighted by Crippen LogP contribution is 2.36. The molecule has 2 amide bonds. The fourth-order valence-electron chi connectivity index (χ4n) is 5.02. The van der Waals surface area contributed by atoms with Crippen LogP contribution in [0.15, 0.2) is 60.9 Å². The van der Waals surface area contributed by atoms with Crippen molar-refractivity contribution in [2.75, 3.05) is 16.8 Å². The van der Waals surface area contributed by atoms with E-state index in [9.17, 15) is 9.59 Å². The quantitative estimate of drug-likeness (QED) is 0.590. The summed E-state index contributed by atoms with van der Waals surface area (Å²) in [6.45, 7) is 2.60. The molecule has 1 fully saturated rings. The smallest absolute Gasteiger partial charge is 0.321 e. The highest BCUT2D eigenvalue weighted by Gasteiger charge is 2.39. The summed E-state index contributed by atoms with van der Waals surface area (Å²) in [6, 6.07) is 15.5. The number of amides is 2. The van der Waals surface area contributed by atoms with Crippen molar-refractivity contribution in [3.63, 3.8) is 0 Å². The van der Waals surface area contributed by atoms with Crippen molar-refractivity contribution < 1.29 is 14.3 Å². The van der Waals surface area contributed by atoms with Crippen molar-refractivity contribution >= 4 is 23.2 Å².